The van der Waals surface area contributed by atoms with Crippen molar-refractivity contribution in [1.29, 1.82) is 0 Å². The summed E-state index contributed by atoms with van der Waals surface area (Å²) in [7, 11) is 3.03. The summed E-state index contributed by atoms with van der Waals surface area (Å²) >= 11 is 0. The van der Waals surface area contributed by atoms with Gasteiger partial charge in [0.05, 0.1) is 36.9 Å². The fourth-order valence-corrected chi connectivity index (χ4v) is 5.17. The molecule has 2 aliphatic rings. The molecule has 6 rings (SSSR count). The summed E-state index contributed by atoms with van der Waals surface area (Å²) in [6.07, 6.45) is 0.705. The fraction of sp³-hybridized carbons (Fsp3) is 0.207. The fourth-order valence-electron chi connectivity index (χ4n) is 5.17. The van der Waals surface area contributed by atoms with E-state index in [1.807, 2.05) is 31.2 Å². The van der Waals surface area contributed by atoms with E-state index in [4.69, 9.17) is 14.2 Å². The Kier molecular flexibility index (Phi) is 5.56. The number of aromatic nitrogens is 2. The Morgan fingerprint density at radius 3 is 2.61 bits per heavy atom. The average molecular weight is 512 g/mol. The highest BCUT2D eigenvalue weighted by Crippen LogP contribution is 2.44. The van der Waals surface area contributed by atoms with Crippen LogP contribution in [0.5, 0.6) is 17.2 Å². The van der Waals surface area contributed by atoms with Crippen LogP contribution in [0.1, 0.15) is 29.7 Å². The summed E-state index contributed by atoms with van der Waals surface area (Å²) in [6, 6.07) is 16.7. The van der Waals surface area contributed by atoms with Gasteiger partial charge in [0, 0.05) is 12.0 Å². The van der Waals surface area contributed by atoms with Gasteiger partial charge in [-0.25, -0.2) is 4.98 Å². The molecule has 1 fully saturated rings. The molecule has 2 aliphatic heterocycles. The summed E-state index contributed by atoms with van der Waals surface area (Å²) < 4.78 is 16.7. The Hall–Kier alpha value is -4.79. The zero-order valence-corrected chi connectivity index (χ0v) is 21.0. The number of carbonyl (C=O) groups is 2. The molecule has 0 aliphatic carbocycles. The molecule has 1 aromatic heterocycles. The SMILES string of the molecule is COc1ccc(C2/C(=C(\O)c3ccc4c(c3)CC(C)O4)C(=O)C(=O)N2c2nc3ccccc3[nH]2)cc1OC. The van der Waals surface area contributed by atoms with Gasteiger partial charge in [-0.1, -0.05) is 18.2 Å². The molecule has 2 N–H and O–H groups in total. The summed E-state index contributed by atoms with van der Waals surface area (Å²) in [5, 5.41) is 11.5. The van der Waals surface area contributed by atoms with Gasteiger partial charge in [0.15, 0.2) is 11.5 Å². The van der Waals surface area contributed by atoms with Crippen LogP contribution in [-0.4, -0.2) is 47.1 Å². The third kappa shape index (κ3) is 3.66. The van der Waals surface area contributed by atoms with E-state index in [0.717, 1.165) is 11.3 Å². The number of aliphatic hydroxyl groups excluding tert-OH is 1. The Morgan fingerprint density at radius 2 is 1.84 bits per heavy atom. The van der Waals surface area contributed by atoms with Crippen LogP contribution < -0.4 is 19.1 Å². The number of H-pyrrole nitrogens is 1. The monoisotopic (exact) mass is 511 g/mol. The molecule has 2 atom stereocenters. The first-order valence-corrected chi connectivity index (χ1v) is 12.2. The lowest BCUT2D eigenvalue weighted by atomic mass is 9.94. The van der Waals surface area contributed by atoms with E-state index < -0.39 is 17.7 Å². The molecule has 2 unspecified atom stereocenters. The van der Waals surface area contributed by atoms with E-state index in [1.165, 1.54) is 19.1 Å². The first-order valence-electron chi connectivity index (χ1n) is 12.2. The molecule has 9 nitrogen and oxygen atoms in total. The Labute approximate surface area is 218 Å². The minimum atomic E-state index is -0.973. The lowest BCUT2D eigenvalue weighted by molar-refractivity contribution is -0.132. The number of para-hydroxylation sites is 2. The maximum Gasteiger partial charge on any atom is 0.302 e. The molecule has 9 heteroatoms. The maximum atomic E-state index is 13.5. The summed E-state index contributed by atoms with van der Waals surface area (Å²) in [6.45, 7) is 1.97. The zero-order valence-electron chi connectivity index (χ0n) is 21.0. The topological polar surface area (TPSA) is 114 Å². The number of nitrogens with zero attached hydrogens (tertiary/aromatic N) is 2. The number of ether oxygens (including phenoxy) is 3. The lowest BCUT2D eigenvalue weighted by Crippen LogP contribution is -2.30. The number of fused-ring (bicyclic) bond motifs is 2. The number of imidazole rings is 1. The third-order valence-electron chi connectivity index (χ3n) is 6.94. The van der Waals surface area contributed by atoms with Gasteiger partial charge in [-0.2, -0.15) is 0 Å². The number of hydrogen-bond acceptors (Lipinski definition) is 7. The van der Waals surface area contributed by atoms with E-state index in [2.05, 4.69) is 9.97 Å². The van der Waals surface area contributed by atoms with Crippen LogP contribution in [0.15, 0.2) is 66.2 Å². The van der Waals surface area contributed by atoms with Gasteiger partial charge in [-0.15, -0.1) is 0 Å². The van der Waals surface area contributed by atoms with Crippen molar-refractivity contribution in [2.24, 2.45) is 0 Å². The van der Waals surface area contributed by atoms with Crippen molar-refractivity contribution in [2.75, 3.05) is 19.1 Å². The second kappa shape index (κ2) is 8.95. The number of aliphatic hydroxyl groups is 1. The summed E-state index contributed by atoms with van der Waals surface area (Å²) in [4.78, 5) is 36.1. The van der Waals surface area contributed by atoms with Crippen LogP contribution >= 0.6 is 0 Å². The predicted octanol–water partition coefficient (Wildman–Crippen LogP) is 4.53. The highest BCUT2D eigenvalue weighted by molar-refractivity contribution is 6.51. The number of nitrogens with one attached hydrogen (secondary N) is 1. The van der Waals surface area contributed by atoms with Gasteiger partial charge in [0.1, 0.15) is 17.6 Å². The van der Waals surface area contributed by atoms with Gasteiger partial charge in [-0.05, 0) is 60.5 Å². The van der Waals surface area contributed by atoms with Gasteiger partial charge >= 0.3 is 5.91 Å². The third-order valence-corrected chi connectivity index (χ3v) is 6.94. The van der Waals surface area contributed by atoms with Crippen molar-refractivity contribution in [3.8, 4) is 17.2 Å². The number of rotatable bonds is 5. The molecule has 0 bridgehead atoms. The number of methoxy groups -OCH3 is 2. The van der Waals surface area contributed by atoms with Gasteiger partial charge < -0.3 is 24.3 Å². The number of anilines is 1. The first kappa shape index (κ1) is 23.6. The van der Waals surface area contributed by atoms with Crippen molar-refractivity contribution in [3.63, 3.8) is 0 Å². The summed E-state index contributed by atoms with van der Waals surface area (Å²) in [5.74, 6) is -0.0365. The molecule has 3 heterocycles. The van der Waals surface area contributed by atoms with Crippen molar-refractivity contribution >= 4 is 34.4 Å². The van der Waals surface area contributed by atoms with Crippen LogP contribution in [0.3, 0.4) is 0 Å². The largest absolute Gasteiger partial charge is 0.507 e. The van der Waals surface area contributed by atoms with Crippen LogP contribution in [0.2, 0.25) is 0 Å². The maximum absolute atomic E-state index is 13.5. The highest BCUT2D eigenvalue weighted by Gasteiger charge is 2.48. The number of ketones is 1. The Bertz CT molecular complexity index is 1610. The predicted molar refractivity (Wildman–Crippen MR) is 141 cm³/mol. The van der Waals surface area contributed by atoms with Gasteiger partial charge in [-0.3, -0.25) is 14.5 Å². The summed E-state index contributed by atoms with van der Waals surface area (Å²) in [5.41, 5.74) is 3.20. The molecule has 38 heavy (non-hydrogen) atoms. The quantitative estimate of drug-likeness (QED) is 0.230. The smallest absolute Gasteiger partial charge is 0.302 e. The number of amides is 1. The molecular formula is C29H25N3O6. The molecule has 3 aromatic carbocycles. The van der Waals surface area contributed by atoms with Crippen LogP contribution in [0.25, 0.3) is 16.8 Å². The standard InChI is InChI=1S/C29H25N3O6/c1-15-12-18-13-17(9-10-21(18)38-15)26(33)24-25(16-8-11-22(36-2)23(14-16)37-3)32(28(35)27(24)34)29-30-19-6-4-5-7-20(19)31-29/h4-11,13-15,25,33H,12H2,1-3H3,(H,30,31)/b26-24+. The number of Topliss-reactive ketones (excluding diaryl/α,β-unsaturated/α-hetero) is 1. The second-order valence-electron chi connectivity index (χ2n) is 9.32. The molecule has 1 saturated heterocycles. The van der Waals surface area contributed by atoms with Crippen LogP contribution in [0.4, 0.5) is 5.95 Å². The highest BCUT2D eigenvalue weighted by atomic mass is 16.5. The molecule has 0 spiro atoms. The Morgan fingerprint density at radius 1 is 1.05 bits per heavy atom. The lowest BCUT2D eigenvalue weighted by Gasteiger charge is -2.24. The zero-order chi connectivity index (χ0) is 26.6. The molecule has 4 aromatic rings. The molecule has 0 saturated carbocycles. The van der Waals surface area contributed by atoms with Crippen molar-refractivity contribution in [2.45, 2.75) is 25.5 Å². The van der Waals surface area contributed by atoms with E-state index >= 15 is 0 Å². The van der Waals surface area contributed by atoms with Crippen molar-refractivity contribution in [1.82, 2.24) is 9.97 Å². The van der Waals surface area contributed by atoms with Gasteiger partial charge in [0.25, 0.3) is 5.78 Å². The molecule has 1 amide bonds. The minimum absolute atomic E-state index is 0.0211. The van der Waals surface area contributed by atoms with E-state index in [9.17, 15) is 14.7 Å². The number of benzene rings is 3. The van der Waals surface area contributed by atoms with Crippen molar-refractivity contribution < 1.29 is 28.9 Å². The van der Waals surface area contributed by atoms with Crippen LogP contribution in [0, 0.1) is 0 Å². The number of carbonyl (C=O) groups excluding carboxylic acids is 2. The molecular weight excluding hydrogens is 486 g/mol. The minimum Gasteiger partial charge on any atom is -0.507 e. The molecule has 0 radical (unpaired) electrons. The first-order chi connectivity index (χ1) is 18.4. The Balaban J connectivity index is 1.55. The number of aromatic amines is 1. The van der Waals surface area contributed by atoms with Gasteiger partial charge in [0.2, 0.25) is 5.95 Å². The van der Waals surface area contributed by atoms with E-state index in [-0.39, 0.29) is 23.4 Å². The average Bonchev–Trinajstić information content (AvgIpc) is 3.60. The van der Waals surface area contributed by atoms with Crippen LogP contribution in [-0.2, 0) is 16.0 Å². The number of hydrogen-bond donors (Lipinski definition) is 2. The normalized spacial score (nSPS) is 20.0. The van der Waals surface area contributed by atoms with Crippen molar-refractivity contribution in [3.05, 3.63) is 82.9 Å². The second-order valence-corrected chi connectivity index (χ2v) is 9.32. The van der Waals surface area contributed by atoms with E-state index in [1.54, 1.807) is 36.4 Å². The van der Waals surface area contributed by atoms with E-state index in [0.29, 0.717) is 40.1 Å². The molecule has 192 valence electrons.